The molecule has 0 spiro atoms. The van der Waals surface area contributed by atoms with Crippen LogP contribution in [-0.2, 0) is 24.1 Å². The number of hydrogen-bond acceptors (Lipinski definition) is 4. The topological polar surface area (TPSA) is 89.5 Å². The molecule has 0 aromatic carbocycles. The normalized spacial score (nSPS) is 25.0. The number of rotatable bonds is 4. The number of likely N-dealkylation sites (tertiary alicyclic amines) is 1. The zero-order valence-electron chi connectivity index (χ0n) is 13.7. The fraction of sp³-hybridized carbons (Fsp3) is 0.765. The van der Waals surface area contributed by atoms with Gasteiger partial charge in [0.15, 0.2) is 0 Å². The Morgan fingerprint density at radius 3 is 2.87 bits per heavy atom. The van der Waals surface area contributed by atoms with Crippen molar-refractivity contribution in [2.75, 3.05) is 19.7 Å². The average Bonchev–Trinajstić information content (AvgIpc) is 2.88. The minimum absolute atomic E-state index is 0.125. The van der Waals surface area contributed by atoms with Crippen LogP contribution in [0.2, 0.25) is 0 Å². The van der Waals surface area contributed by atoms with E-state index in [0.29, 0.717) is 38.8 Å². The molecule has 1 unspecified atom stereocenters. The smallest absolute Gasteiger partial charge is 0.222 e. The molecule has 3 N–H and O–H groups in total. The van der Waals surface area contributed by atoms with Crippen LogP contribution in [0.15, 0.2) is 0 Å². The molecule has 1 amide bonds. The summed E-state index contributed by atoms with van der Waals surface area (Å²) in [5, 5.41) is 27.0. The lowest BCUT2D eigenvalue weighted by molar-refractivity contribution is -0.131. The van der Waals surface area contributed by atoms with Gasteiger partial charge in [0, 0.05) is 31.6 Å². The SMILES string of the molecule is O=C(CCc1n[nH]c2c1CCCC2)N1CCCC(O)(CO)CC1. The highest BCUT2D eigenvalue weighted by Gasteiger charge is 2.30. The highest BCUT2D eigenvalue weighted by atomic mass is 16.3. The number of carbonyl (C=O) groups excluding carboxylic acids is 1. The van der Waals surface area contributed by atoms with Crippen molar-refractivity contribution in [1.29, 1.82) is 0 Å². The molecule has 2 aliphatic rings. The molecule has 0 bridgehead atoms. The molecule has 3 rings (SSSR count). The summed E-state index contributed by atoms with van der Waals surface area (Å²) in [7, 11) is 0. The average molecular weight is 321 g/mol. The molecule has 1 fully saturated rings. The van der Waals surface area contributed by atoms with E-state index in [9.17, 15) is 15.0 Å². The molecular formula is C17H27N3O3. The van der Waals surface area contributed by atoms with Gasteiger partial charge in [-0.2, -0.15) is 5.10 Å². The number of aliphatic hydroxyl groups excluding tert-OH is 1. The number of carbonyl (C=O) groups is 1. The van der Waals surface area contributed by atoms with Crippen molar-refractivity contribution in [1.82, 2.24) is 15.1 Å². The van der Waals surface area contributed by atoms with Crippen LogP contribution in [0.4, 0.5) is 0 Å². The van der Waals surface area contributed by atoms with Gasteiger partial charge in [-0.05, 0) is 50.5 Å². The molecule has 1 aliphatic heterocycles. The Bertz CT molecular complexity index is 557. The fourth-order valence-electron chi connectivity index (χ4n) is 3.73. The first-order valence-corrected chi connectivity index (χ1v) is 8.77. The van der Waals surface area contributed by atoms with Gasteiger partial charge < -0.3 is 15.1 Å². The van der Waals surface area contributed by atoms with E-state index in [0.717, 1.165) is 25.0 Å². The van der Waals surface area contributed by atoms with Gasteiger partial charge in [0.05, 0.1) is 17.9 Å². The van der Waals surface area contributed by atoms with E-state index in [1.807, 2.05) is 4.90 Å². The third-order valence-electron chi connectivity index (χ3n) is 5.28. The van der Waals surface area contributed by atoms with Crippen LogP contribution in [-0.4, -0.2) is 56.5 Å². The molecule has 1 aromatic rings. The number of aromatic amines is 1. The van der Waals surface area contributed by atoms with Crippen molar-refractivity contribution < 1.29 is 15.0 Å². The number of nitrogens with one attached hydrogen (secondary N) is 1. The number of fused-ring (bicyclic) bond motifs is 1. The lowest BCUT2D eigenvalue weighted by Gasteiger charge is -2.24. The number of hydrogen-bond donors (Lipinski definition) is 3. The molecular weight excluding hydrogens is 294 g/mol. The zero-order valence-corrected chi connectivity index (χ0v) is 13.7. The molecule has 6 nitrogen and oxygen atoms in total. The van der Waals surface area contributed by atoms with Crippen molar-refractivity contribution in [2.45, 2.75) is 63.4 Å². The summed E-state index contributed by atoms with van der Waals surface area (Å²) in [5.74, 6) is 0.125. The third-order valence-corrected chi connectivity index (χ3v) is 5.28. The second-order valence-electron chi connectivity index (χ2n) is 6.95. The first kappa shape index (κ1) is 16.5. The van der Waals surface area contributed by atoms with Gasteiger partial charge in [-0.1, -0.05) is 0 Å². The Balaban J connectivity index is 1.54. The van der Waals surface area contributed by atoms with Gasteiger partial charge in [0.1, 0.15) is 0 Å². The molecule has 23 heavy (non-hydrogen) atoms. The van der Waals surface area contributed by atoms with Crippen molar-refractivity contribution in [3.05, 3.63) is 17.0 Å². The molecule has 2 heterocycles. The predicted molar refractivity (Wildman–Crippen MR) is 86.0 cm³/mol. The van der Waals surface area contributed by atoms with Crippen molar-refractivity contribution >= 4 is 5.91 Å². The first-order chi connectivity index (χ1) is 11.1. The highest BCUT2D eigenvalue weighted by molar-refractivity contribution is 5.76. The van der Waals surface area contributed by atoms with Crippen LogP contribution >= 0.6 is 0 Å². The Morgan fingerprint density at radius 2 is 2.04 bits per heavy atom. The molecule has 0 radical (unpaired) electrons. The first-order valence-electron chi connectivity index (χ1n) is 8.77. The van der Waals surface area contributed by atoms with Gasteiger partial charge in [-0.15, -0.1) is 0 Å². The Kier molecular flexibility index (Phi) is 5.02. The van der Waals surface area contributed by atoms with E-state index in [-0.39, 0.29) is 12.5 Å². The second kappa shape index (κ2) is 7.01. The summed E-state index contributed by atoms with van der Waals surface area (Å²) in [5.41, 5.74) is 2.61. The molecule has 1 saturated heterocycles. The molecule has 128 valence electrons. The maximum atomic E-state index is 12.5. The number of amides is 1. The molecule has 6 heteroatoms. The predicted octanol–water partition coefficient (Wildman–Crippen LogP) is 0.957. The summed E-state index contributed by atoms with van der Waals surface area (Å²) >= 11 is 0. The van der Waals surface area contributed by atoms with Crippen LogP contribution in [0.1, 0.15) is 55.5 Å². The Labute approximate surface area is 136 Å². The van der Waals surface area contributed by atoms with Crippen molar-refractivity contribution in [3.8, 4) is 0 Å². The third kappa shape index (κ3) is 3.75. The standard InChI is InChI=1S/C17H27N3O3/c21-12-17(23)8-3-10-20(11-9-17)16(22)7-6-15-13-4-1-2-5-14(13)18-19-15/h21,23H,1-12H2,(H,18,19). The monoisotopic (exact) mass is 321 g/mol. The minimum Gasteiger partial charge on any atom is -0.393 e. The van der Waals surface area contributed by atoms with Crippen LogP contribution in [0, 0.1) is 0 Å². The minimum atomic E-state index is -1.02. The maximum Gasteiger partial charge on any atom is 0.222 e. The molecule has 1 aromatic heterocycles. The van der Waals surface area contributed by atoms with E-state index in [1.165, 1.54) is 24.1 Å². The second-order valence-corrected chi connectivity index (χ2v) is 6.95. The molecule has 0 saturated carbocycles. The number of aliphatic hydroxyl groups is 2. The van der Waals surface area contributed by atoms with Gasteiger partial charge in [0.25, 0.3) is 0 Å². The van der Waals surface area contributed by atoms with Crippen molar-refractivity contribution in [3.63, 3.8) is 0 Å². The lowest BCUT2D eigenvalue weighted by atomic mass is 9.94. The van der Waals surface area contributed by atoms with Crippen LogP contribution in [0.25, 0.3) is 0 Å². The molecule has 1 atom stereocenters. The van der Waals surface area contributed by atoms with E-state index in [4.69, 9.17) is 0 Å². The summed E-state index contributed by atoms with van der Waals surface area (Å²) in [6, 6.07) is 0. The summed E-state index contributed by atoms with van der Waals surface area (Å²) in [4.78, 5) is 14.3. The molecule has 1 aliphatic carbocycles. The Hall–Kier alpha value is -1.40. The number of aryl methyl sites for hydroxylation is 2. The van der Waals surface area contributed by atoms with Crippen LogP contribution in [0.3, 0.4) is 0 Å². The van der Waals surface area contributed by atoms with E-state index >= 15 is 0 Å². The highest BCUT2D eigenvalue weighted by Crippen LogP contribution is 2.24. The number of aromatic nitrogens is 2. The van der Waals surface area contributed by atoms with E-state index in [1.54, 1.807) is 0 Å². The number of H-pyrrole nitrogens is 1. The Morgan fingerprint density at radius 1 is 1.22 bits per heavy atom. The summed E-state index contributed by atoms with van der Waals surface area (Å²) in [6.07, 6.45) is 7.47. The van der Waals surface area contributed by atoms with Crippen LogP contribution in [0.5, 0.6) is 0 Å². The van der Waals surface area contributed by atoms with Gasteiger partial charge in [0.2, 0.25) is 5.91 Å². The quantitative estimate of drug-likeness (QED) is 0.770. The maximum absolute atomic E-state index is 12.5. The van der Waals surface area contributed by atoms with Crippen molar-refractivity contribution in [2.24, 2.45) is 0 Å². The lowest BCUT2D eigenvalue weighted by Crippen LogP contribution is -2.36. The largest absolute Gasteiger partial charge is 0.393 e. The van der Waals surface area contributed by atoms with Gasteiger partial charge in [-0.3, -0.25) is 9.89 Å². The van der Waals surface area contributed by atoms with E-state index < -0.39 is 5.60 Å². The fourth-order valence-corrected chi connectivity index (χ4v) is 3.73. The van der Waals surface area contributed by atoms with Gasteiger partial charge in [-0.25, -0.2) is 0 Å². The summed E-state index contributed by atoms with van der Waals surface area (Å²) < 4.78 is 0. The zero-order chi connectivity index (χ0) is 16.3. The van der Waals surface area contributed by atoms with E-state index in [2.05, 4.69) is 10.2 Å². The summed E-state index contributed by atoms with van der Waals surface area (Å²) in [6.45, 7) is 0.961. The van der Waals surface area contributed by atoms with Gasteiger partial charge >= 0.3 is 0 Å². The number of nitrogens with zero attached hydrogens (tertiary/aromatic N) is 2. The van der Waals surface area contributed by atoms with Crippen LogP contribution < -0.4 is 0 Å².